The highest BCUT2D eigenvalue weighted by Crippen LogP contribution is 2.34. The summed E-state index contributed by atoms with van der Waals surface area (Å²) in [5.74, 6) is 0.269. The number of aryl methyl sites for hydroxylation is 1. The minimum Gasteiger partial charge on any atom is -0.495 e. The number of furan rings is 1. The smallest absolute Gasteiger partial charge is 0.410 e. The Kier molecular flexibility index (Phi) is 6.59. The van der Waals surface area contributed by atoms with Crippen LogP contribution in [0.2, 0.25) is 0 Å². The van der Waals surface area contributed by atoms with Gasteiger partial charge in [-0.2, -0.15) is 0 Å². The van der Waals surface area contributed by atoms with Crippen molar-refractivity contribution in [1.82, 2.24) is 4.90 Å². The number of nitrogens with one attached hydrogen (secondary N) is 1. The minimum atomic E-state index is -3.91. The zero-order valence-corrected chi connectivity index (χ0v) is 21.4. The zero-order valence-electron chi connectivity index (χ0n) is 20.6. The average Bonchev–Trinajstić information content (AvgIpc) is 3.26. The van der Waals surface area contributed by atoms with Gasteiger partial charge in [0.25, 0.3) is 10.0 Å². The quantitative estimate of drug-likeness (QED) is 0.545. The summed E-state index contributed by atoms with van der Waals surface area (Å²) in [4.78, 5) is 16.3. The molecule has 35 heavy (non-hydrogen) atoms. The van der Waals surface area contributed by atoms with E-state index in [0.29, 0.717) is 37.4 Å². The summed E-state index contributed by atoms with van der Waals surface area (Å²) in [5.41, 5.74) is 2.07. The normalized spacial score (nSPS) is 14.8. The highest BCUT2D eigenvalue weighted by Gasteiger charge is 2.28. The maximum Gasteiger partial charge on any atom is 0.410 e. The Morgan fingerprint density at radius 2 is 1.77 bits per heavy atom. The predicted octanol–water partition coefficient (Wildman–Crippen LogP) is 4.61. The zero-order chi connectivity index (χ0) is 25.4. The number of sulfonamides is 1. The van der Waals surface area contributed by atoms with Gasteiger partial charge < -0.3 is 23.7 Å². The van der Waals surface area contributed by atoms with Crippen molar-refractivity contribution in [1.29, 1.82) is 0 Å². The van der Waals surface area contributed by atoms with Gasteiger partial charge >= 0.3 is 6.09 Å². The number of anilines is 2. The Morgan fingerprint density at radius 3 is 2.43 bits per heavy atom. The van der Waals surface area contributed by atoms with Crippen LogP contribution >= 0.6 is 0 Å². The van der Waals surface area contributed by atoms with Crippen molar-refractivity contribution in [3.63, 3.8) is 0 Å². The summed E-state index contributed by atoms with van der Waals surface area (Å²) in [6.07, 6.45) is 1.24. The van der Waals surface area contributed by atoms with E-state index in [9.17, 15) is 13.2 Å². The molecule has 0 bridgehead atoms. The summed E-state index contributed by atoms with van der Waals surface area (Å²) in [7, 11) is -2.47. The SMILES string of the molecule is COc1ccc(C)cc1S(=O)(=O)Nc1cc(N2CCN(C(=O)OC(C)(C)C)CC2)c2occc2c1. The Labute approximate surface area is 205 Å². The van der Waals surface area contributed by atoms with Crippen molar-refractivity contribution in [2.24, 2.45) is 0 Å². The van der Waals surface area contributed by atoms with Gasteiger partial charge in [0, 0.05) is 31.6 Å². The molecule has 0 unspecified atom stereocenters. The third-order valence-corrected chi connectivity index (χ3v) is 7.07. The average molecular weight is 502 g/mol. The first-order valence-corrected chi connectivity index (χ1v) is 12.9. The second kappa shape index (κ2) is 9.33. The third kappa shape index (κ3) is 5.48. The molecule has 1 fully saturated rings. The first kappa shape index (κ1) is 24.7. The monoisotopic (exact) mass is 501 g/mol. The highest BCUT2D eigenvalue weighted by molar-refractivity contribution is 7.92. The second-order valence-corrected chi connectivity index (χ2v) is 11.2. The number of amides is 1. The number of rotatable bonds is 5. The number of nitrogens with zero attached hydrogens (tertiary/aromatic N) is 2. The maximum absolute atomic E-state index is 13.2. The lowest BCUT2D eigenvalue weighted by atomic mass is 10.1. The summed E-state index contributed by atoms with van der Waals surface area (Å²) < 4.78 is 45.7. The molecule has 4 rings (SSSR count). The van der Waals surface area contributed by atoms with Gasteiger partial charge in [0.05, 0.1) is 24.7 Å². The van der Waals surface area contributed by atoms with E-state index in [1.54, 1.807) is 47.6 Å². The van der Waals surface area contributed by atoms with Crippen molar-refractivity contribution in [2.75, 3.05) is 42.9 Å². The summed E-state index contributed by atoms with van der Waals surface area (Å²) >= 11 is 0. The molecule has 3 aromatic rings. The number of hydrogen-bond donors (Lipinski definition) is 1. The molecule has 2 aromatic carbocycles. The Hall–Kier alpha value is -3.40. The van der Waals surface area contributed by atoms with E-state index in [1.165, 1.54) is 7.11 Å². The topological polar surface area (TPSA) is 101 Å². The lowest BCUT2D eigenvalue weighted by Gasteiger charge is -2.36. The molecule has 0 spiro atoms. The number of methoxy groups -OCH3 is 1. The minimum absolute atomic E-state index is 0.0693. The molecule has 0 aliphatic carbocycles. The van der Waals surface area contributed by atoms with Crippen LogP contribution in [-0.4, -0.2) is 58.3 Å². The predicted molar refractivity (Wildman–Crippen MR) is 135 cm³/mol. The molecule has 10 heteroatoms. The van der Waals surface area contributed by atoms with Crippen molar-refractivity contribution in [3.05, 3.63) is 48.2 Å². The fourth-order valence-corrected chi connectivity index (χ4v) is 5.31. The number of carbonyl (C=O) groups excluding carboxylic acids is 1. The van der Waals surface area contributed by atoms with Crippen LogP contribution in [0.1, 0.15) is 26.3 Å². The summed E-state index contributed by atoms with van der Waals surface area (Å²) in [6.45, 7) is 9.41. The van der Waals surface area contributed by atoms with Gasteiger partial charge in [-0.15, -0.1) is 0 Å². The molecule has 1 amide bonds. The Morgan fingerprint density at radius 1 is 1.06 bits per heavy atom. The first-order chi connectivity index (χ1) is 16.5. The van der Waals surface area contributed by atoms with Gasteiger partial charge in [-0.3, -0.25) is 4.72 Å². The van der Waals surface area contributed by atoms with E-state index in [0.717, 1.165) is 16.6 Å². The molecule has 0 radical (unpaired) electrons. The Balaban J connectivity index is 1.59. The number of piperazine rings is 1. The molecule has 0 atom stereocenters. The van der Waals surface area contributed by atoms with Gasteiger partial charge in [0.15, 0.2) is 5.58 Å². The highest BCUT2D eigenvalue weighted by atomic mass is 32.2. The van der Waals surface area contributed by atoms with Gasteiger partial charge in [0.1, 0.15) is 16.2 Å². The fourth-order valence-electron chi connectivity index (χ4n) is 4.02. The van der Waals surface area contributed by atoms with E-state index in [1.807, 2.05) is 27.7 Å². The van der Waals surface area contributed by atoms with Gasteiger partial charge in [-0.25, -0.2) is 13.2 Å². The second-order valence-electron chi connectivity index (χ2n) is 9.55. The molecule has 1 aliphatic rings. The first-order valence-electron chi connectivity index (χ1n) is 11.4. The molecule has 0 saturated carbocycles. The van der Waals surface area contributed by atoms with Crippen LogP contribution in [0.25, 0.3) is 11.0 Å². The van der Waals surface area contributed by atoms with E-state index < -0.39 is 15.6 Å². The van der Waals surface area contributed by atoms with Crippen LogP contribution in [0.5, 0.6) is 5.75 Å². The van der Waals surface area contributed by atoms with Crippen molar-refractivity contribution < 1.29 is 27.1 Å². The van der Waals surface area contributed by atoms with E-state index in [2.05, 4.69) is 9.62 Å². The number of benzene rings is 2. The number of carbonyl (C=O) groups is 1. The van der Waals surface area contributed by atoms with Crippen LogP contribution in [-0.2, 0) is 14.8 Å². The fraction of sp³-hybridized carbons (Fsp3) is 0.400. The molecule has 188 valence electrons. The number of hydrogen-bond acceptors (Lipinski definition) is 7. The van der Waals surface area contributed by atoms with Crippen molar-refractivity contribution >= 4 is 38.5 Å². The van der Waals surface area contributed by atoms with E-state index in [4.69, 9.17) is 13.9 Å². The Bertz CT molecular complexity index is 1330. The molecular formula is C25H31N3O6S. The third-order valence-electron chi connectivity index (χ3n) is 5.66. The lowest BCUT2D eigenvalue weighted by molar-refractivity contribution is 0.0240. The standard InChI is InChI=1S/C25H31N3O6S/c1-17-6-7-21(32-5)22(14-17)35(30,31)26-19-15-18-8-13-33-23(18)20(16-19)27-9-11-28(12-10-27)24(29)34-25(2,3)4/h6-8,13-16,26H,9-12H2,1-5H3. The van der Waals surface area contributed by atoms with Crippen LogP contribution in [0.15, 0.2) is 52.0 Å². The van der Waals surface area contributed by atoms with Crippen LogP contribution < -0.4 is 14.4 Å². The molecule has 1 aromatic heterocycles. The van der Waals surface area contributed by atoms with Crippen molar-refractivity contribution in [2.45, 2.75) is 38.2 Å². The van der Waals surface area contributed by atoms with Gasteiger partial charge in [0.2, 0.25) is 0 Å². The molecule has 1 N–H and O–H groups in total. The van der Waals surface area contributed by atoms with E-state index in [-0.39, 0.29) is 16.7 Å². The molecule has 1 aliphatic heterocycles. The molecule has 2 heterocycles. The maximum atomic E-state index is 13.2. The summed E-state index contributed by atoms with van der Waals surface area (Å²) in [5, 5.41) is 0.769. The van der Waals surface area contributed by atoms with E-state index >= 15 is 0 Å². The lowest BCUT2D eigenvalue weighted by Crippen LogP contribution is -2.50. The number of fused-ring (bicyclic) bond motifs is 1. The van der Waals surface area contributed by atoms with Gasteiger partial charge in [-0.05, 0) is 63.6 Å². The number of ether oxygens (including phenoxy) is 2. The summed E-state index contributed by atoms with van der Waals surface area (Å²) in [6, 6.07) is 10.3. The largest absolute Gasteiger partial charge is 0.495 e. The molecule has 1 saturated heterocycles. The molecular weight excluding hydrogens is 470 g/mol. The molecule has 9 nitrogen and oxygen atoms in total. The van der Waals surface area contributed by atoms with Crippen LogP contribution in [0.4, 0.5) is 16.2 Å². The van der Waals surface area contributed by atoms with Gasteiger partial charge in [-0.1, -0.05) is 6.07 Å². The van der Waals surface area contributed by atoms with Crippen molar-refractivity contribution in [3.8, 4) is 5.75 Å². The van der Waals surface area contributed by atoms with Crippen LogP contribution in [0, 0.1) is 6.92 Å². The van der Waals surface area contributed by atoms with Crippen LogP contribution in [0.3, 0.4) is 0 Å².